The number of aryl methyl sites for hydroxylation is 2. The van der Waals surface area contributed by atoms with Gasteiger partial charge in [0.05, 0.1) is 0 Å². The molecule has 0 N–H and O–H groups in total. The maximum Gasteiger partial charge on any atom is -0.0147 e. The monoisotopic (exact) mass is 226 g/mol. The molecule has 0 saturated heterocycles. The van der Waals surface area contributed by atoms with Crippen LogP contribution >= 0.6 is 0 Å². The molecule has 0 bridgehead atoms. The van der Waals surface area contributed by atoms with E-state index in [1.165, 1.54) is 27.8 Å². The zero-order valence-electron chi connectivity index (χ0n) is 11.4. The summed E-state index contributed by atoms with van der Waals surface area (Å²) in [4.78, 5) is 0. The number of hydrogen-bond donors (Lipinski definition) is 0. The number of benzene rings is 1. The normalized spacial score (nSPS) is 12.7. The third-order valence-corrected chi connectivity index (χ3v) is 3.00. The molecule has 0 fully saturated rings. The Hall–Kier alpha value is -1.56. The van der Waals surface area contributed by atoms with Crippen molar-refractivity contribution in [1.29, 1.82) is 0 Å². The van der Waals surface area contributed by atoms with Crippen molar-refractivity contribution in [3.8, 4) is 0 Å². The van der Waals surface area contributed by atoms with Gasteiger partial charge in [0.2, 0.25) is 0 Å². The van der Waals surface area contributed by atoms with Crippen LogP contribution in [-0.2, 0) is 6.42 Å². The fraction of sp³-hybridized carbons (Fsp3) is 0.294. The molecule has 0 saturated carbocycles. The molecule has 0 aliphatic heterocycles. The van der Waals surface area contributed by atoms with E-state index in [1.807, 2.05) is 6.08 Å². The van der Waals surface area contributed by atoms with Crippen LogP contribution in [0.4, 0.5) is 0 Å². The van der Waals surface area contributed by atoms with E-state index in [0.29, 0.717) is 0 Å². The fourth-order valence-electron chi connectivity index (χ4n) is 1.96. The van der Waals surface area contributed by atoms with E-state index in [1.54, 1.807) is 0 Å². The van der Waals surface area contributed by atoms with E-state index >= 15 is 0 Å². The first-order valence-corrected chi connectivity index (χ1v) is 6.19. The molecule has 0 aromatic heterocycles. The molecule has 90 valence electrons. The lowest BCUT2D eigenvalue weighted by atomic mass is 9.93. The Balaban J connectivity index is 3.47. The molecule has 0 radical (unpaired) electrons. The van der Waals surface area contributed by atoms with Crippen LogP contribution in [0.3, 0.4) is 0 Å². The predicted octanol–water partition coefficient (Wildman–Crippen LogP) is 5.09. The SMILES string of the molecule is C=C/C(C)=C(\C=C/C)c1cc(C)ccc1CC. The predicted molar refractivity (Wildman–Crippen MR) is 78.2 cm³/mol. The van der Waals surface area contributed by atoms with Crippen molar-refractivity contribution in [2.75, 3.05) is 0 Å². The Morgan fingerprint density at radius 1 is 1.35 bits per heavy atom. The molecular weight excluding hydrogens is 204 g/mol. The minimum absolute atomic E-state index is 1.06. The topological polar surface area (TPSA) is 0 Å². The number of rotatable bonds is 4. The van der Waals surface area contributed by atoms with Crippen LogP contribution in [0.25, 0.3) is 5.57 Å². The zero-order chi connectivity index (χ0) is 12.8. The molecule has 0 unspecified atom stereocenters. The van der Waals surface area contributed by atoms with Gasteiger partial charge in [-0.15, -0.1) is 0 Å². The van der Waals surface area contributed by atoms with Crippen molar-refractivity contribution in [1.82, 2.24) is 0 Å². The highest BCUT2D eigenvalue weighted by atomic mass is 14.1. The van der Waals surface area contributed by atoms with Crippen LogP contribution in [0.1, 0.15) is 37.5 Å². The average molecular weight is 226 g/mol. The van der Waals surface area contributed by atoms with E-state index in [4.69, 9.17) is 0 Å². The summed E-state index contributed by atoms with van der Waals surface area (Å²) in [5, 5.41) is 0. The van der Waals surface area contributed by atoms with Gasteiger partial charge in [0, 0.05) is 0 Å². The standard InChI is InChI=1S/C17H22/c1-6-9-16(14(5)7-2)17-12-13(4)10-11-15(17)8-3/h6-7,9-12H,2,8H2,1,3-5H3/b9-6-,16-14+. The van der Waals surface area contributed by atoms with Crippen molar-refractivity contribution in [2.24, 2.45) is 0 Å². The third kappa shape index (κ3) is 3.20. The van der Waals surface area contributed by atoms with Gasteiger partial charge in [-0.1, -0.05) is 55.5 Å². The Kier molecular flexibility index (Phi) is 4.96. The van der Waals surface area contributed by atoms with Crippen molar-refractivity contribution >= 4 is 5.57 Å². The van der Waals surface area contributed by atoms with E-state index < -0.39 is 0 Å². The maximum atomic E-state index is 3.88. The summed E-state index contributed by atoms with van der Waals surface area (Å²) in [6, 6.07) is 6.67. The van der Waals surface area contributed by atoms with Crippen molar-refractivity contribution < 1.29 is 0 Å². The minimum atomic E-state index is 1.06. The Labute approximate surface area is 105 Å². The summed E-state index contributed by atoms with van der Waals surface area (Å²) in [6.45, 7) is 12.4. The number of allylic oxidation sites excluding steroid dienone is 5. The number of hydrogen-bond acceptors (Lipinski definition) is 0. The van der Waals surface area contributed by atoms with Crippen LogP contribution in [0, 0.1) is 6.92 Å². The summed E-state index contributed by atoms with van der Waals surface area (Å²) < 4.78 is 0. The highest BCUT2D eigenvalue weighted by Gasteiger charge is 2.06. The van der Waals surface area contributed by atoms with Crippen molar-refractivity contribution in [2.45, 2.75) is 34.1 Å². The first kappa shape index (κ1) is 13.5. The van der Waals surface area contributed by atoms with Crippen LogP contribution in [0.15, 0.2) is 48.6 Å². The van der Waals surface area contributed by atoms with Gasteiger partial charge < -0.3 is 0 Å². The largest absolute Gasteiger partial charge is 0.0988 e. The summed E-state index contributed by atoms with van der Waals surface area (Å²) >= 11 is 0. The van der Waals surface area contributed by atoms with Gasteiger partial charge in [0.15, 0.2) is 0 Å². The fourth-order valence-corrected chi connectivity index (χ4v) is 1.96. The van der Waals surface area contributed by atoms with Crippen LogP contribution in [-0.4, -0.2) is 0 Å². The molecule has 17 heavy (non-hydrogen) atoms. The highest BCUT2D eigenvalue weighted by molar-refractivity contribution is 5.80. The third-order valence-electron chi connectivity index (χ3n) is 3.00. The Morgan fingerprint density at radius 2 is 2.06 bits per heavy atom. The van der Waals surface area contributed by atoms with Crippen LogP contribution < -0.4 is 0 Å². The van der Waals surface area contributed by atoms with Gasteiger partial charge in [-0.3, -0.25) is 0 Å². The summed E-state index contributed by atoms with van der Waals surface area (Å²) in [5.41, 5.74) is 6.54. The maximum absolute atomic E-state index is 3.88. The van der Waals surface area contributed by atoms with E-state index in [-0.39, 0.29) is 0 Å². The molecule has 1 rings (SSSR count). The van der Waals surface area contributed by atoms with E-state index in [0.717, 1.165) is 6.42 Å². The molecule has 0 heteroatoms. The summed E-state index contributed by atoms with van der Waals surface area (Å²) in [5.74, 6) is 0. The lowest BCUT2D eigenvalue weighted by molar-refractivity contribution is 1.12. The second kappa shape index (κ2) is 6.24. The van der Waals surface area contributed by atoms with Crippen molar-refractivity contribution in [3.05, 3.63) is 65.3 Å². The van der Waals surface area contributed by atoms with Crippen LogP contribution in [0.5, 0.6) is 0 Å². The average Bonchev–Trinajstić information content (AvgIpc) is 2.35. The second-order valence-corrected chi connectivity index (χ2v) is 4.31. The van der Waals surface area contributed by atoms with Gasteiger partial charge in [-0.25, -0.2) is 0 Å². The lowest BCUT2D eigenvalue weighted by Gasteiger charge is -2.12. The van der Waals surface area contributed by atoms with E-state index in [9.17, 15) is 0 Å². The smallest absolute Gasteiger partial charge is 0.0147 e. The molecule has 0 aliphatic carbocycles. The zero-order valence-corrected chi connectivity index (χ0v) is 11.4. The first-order valence-electron chi connectivity index (χ1n) is 6.19. The quantitative estimate of drug-likeness (QED) is 0.627. The molecule has 0 nitrogen and oxygen atoms in total. The molecule has 1 aromatic carbocycles. The summed E-state index contributed by atoms with van der Waals surface area (Å²) in [7, 11) is 0. The molecule has 0 spiro atoms. The lowest BCUT2D eigenvalue weighted by Crippen LogP contribution is -1.94. The minimum Gasteiger partial charge on any atom is -0.0988 e. The Bertz CT molecular complexity index is 459. The molecule has 0 aliphatic rings. The summed E-state index contributed by atoms with van der Waals surface area (Å²) in [6.07, 6.45) is 7.24. The molecule has 0 atom stereocenters. The molecule has 0 heterocycles. The molecular formula is C17H22. The van der Waals surface area contributed by atoms with Crippen LogP contribution in [0.2, 0.25) is 0 Å². The first-order chi connectivity index (χ1) is 8.13. The second-order valence-electron chi connectivity index (χ2n) is 4.31. The molecule has 0 amide bonds. The highest BCUT2D eigenvalue weighted by Crippen LogP contribution is 2.26. The van der Waals surface area contributed by atoms with Gasteiger partial charge in [0.25, 0.3) is 0 Å². The van der Waals surface area contributed by atoms with E-state index in [2.05, 4.69) is 64.6 Å². The molecule has 1 aromatic rings. The van der Waals surface area contributed by atoms with Crippen molar-refractivity contribution in [3.63, 3.8) is 0 Å². The van der Waals surface area contributed by atoms with Gasteiger partial charge in [-0.2, -0.15) is 0 Å². The van der Waals surface area contributed by atoms with Gasteiger partial charge in [0.1, 0.15) is 0 Å². The Morgan fingerprint density at radius 3 is 2.59 bits per heavy atom. The van der Waals surface area contributed by atoms with Gasteiger partial charge in [-0.05, 0) is 49.5 Å². The van der Waals surface area contributed by atoms with Gasteiger partial charge >= 0.3 is 0 Å².